The van der Waals surface area contributed by atoms with Gasteiger partial charge in [0, 0.05) is 0 Å². The van der Waals surface area contributed by atoms with Gasteiger partial charge in [0.05, 0.1) is 5.54 Å². The average molecular weight is 221 g/mol. The highest BCUT2D eigenvalue weighted by Crippen LogP contribution is 2.20. The maximum Gasteiger partial charge on any atom is 0.235 e. The standard InChI is InChI=1S/C8H9NO.2CHNO/c1-8(9-7-10)5-3-2-4-6-8;2*2-1-3/h2-5H,6H2,1H3;2*2H. The van der Waals surface area contributed by atoms with E-state index in [1.807, 2.05) is 31.2 Å². The van der Waals surface area contributed by atoms with Crippen molar-refractivity contribution in [2.24, 2.45) is 4.99 Å². The number of hydrogen-bond acceptors (Lipinski definition) is 6. The van der Waals surface area contributed by atoms with Gasteiger partial charge in [-0.05, 0) is 13.3 Å². The number of isocyanates is 3. The zero-order valence-electron chi connectivity index (χ0n) is 8.69. The quantitative estimate of drug-likeness (QED) is 0.515. The Kier molecular flexibility index (Phi) is 10.7. The minimum Gasteiger partial charge on any atom is -0.222 e. The van der Waals surface area contributed by atoms with Gasteiger partial charge in [-0.1, -0.05) is 24.3 Å². The van der Waals surface area contributed by atoms with Gasteiger partial charge in [-0.25, -0.2) is 25.2 Å². The van der Waals surface area contributed by atoms with Gasteiger partial charge >= 0.3 is 0 Å². The van der Waals surface area contributed by atoms with E-state index in [-0.39, 0.29) is 5.54 Å². The minimum atomic E-state index is -0.337. The molecule has 0 amide bonds. The highest BCUT2D eigenvalue weighted by molar-refractivity contribution is 5.37. The first-order valence-electron chi connectivity index (χ1n) is 4.11. The number of aliphatic imine (C=N–C) groups is 1. The molecule has 0 bridgehead atoms. The van der Waals surface area contributed by atoms with Crippen LogP contribution in [0.15, 0.2) is 29.3 Å². The molecule has 0 radical (unpaired) electrons. The smallest absolute Gasteiger partial charge is 0.222 e. The van der Waals surface area contributed by atoms with Crippen LogP contribution in [0.25, 0.3) is 0 Å². The van der Waals surface area contributed by atoms with E-state index in [0.717, 1.165) is 18.6 Å². The molecule has 1 atom stereocenters. The maximum atomic E-state index is 9.93. The molecule has 0 spiro atoms. The van der Waals surface area contributed by atoms with Crippen LogP contribution in [0.2, 0.25) is 0 Å². The van der Waals surface area contributed by atoms with Gasteiger partial charge in [0.2, 0.25) is 18.2 Å². The van der Waals surface area contributed by atoms with Crippen LogP contribution < -0.4 is 0 Å². The molecule has 0 aromatic heterocycles. The molecule has 1 aliphatic carbocycles. The Morgan fingerprint density at radius 2 is 1.69 bits per heavy atom. The molecule has 84 valence electrons. The van der Waals surface area contributed by atoms with Gasteiger partial charge in [-0.3, -0.25) is 0 Å². The summed E-state index contributed by atoms with van der Waals surface area (Å²) >= 11 is 0. The van der Waals surface area contributed by atoms with E-state index in [2.05, 4.69) is 4.99 Å². The van der Waals surface area contributed by atoms with Gasteiger partial charge in [0.1, 0.15) is 0 Å². The fraction of sp³-hybridized carbons (Fsp3) is 0.300. The van der Waals surface area contributed by atoms with Crippen LogP contribution in [0.3, 0.4) is 0 Å². The highest BCUT2D eigenvalue weighted by atomic mass is 16.1. The van der Waals surface area contributed by atoms with Crippen molar-refractivity contribution >= 4 is 18.2 Å². The van der Waals surface area contributed by atoms with Crippen LogP contribution in [-0.4, -0.2) is 23.8 Å². The summed E-state index contributed by atoms with van der Waals surface area (Å²) < 4.78 is 0. The number of rotatable bonds is 1. The number of carbonyl (C=O) groups excluding carboxylic acids is 3. The summed E-state index contributed by atoms with van der Waals surface area (Å²) in [5, 5.41) is 10.8. The van der Waals surface area contributed by atoms with Crippen molar-refractivity contribution in [3.8, 4) is 0 Å². The van der Waals surface area contributed by atoms with E-state index < -0.39 is 0 Å². The van der Waals surface area contributed by atoms with E-state index in [0.29, 0.717) is 0 Å². The van der Waals surface area contributed by atoms with E-state index in [4.69, 9.17) is 20.4 Å². The maximum absolute atomic E-state index is 9.93. The largest absolute Gasteiger partial charge is 0.235 e. The van der Waals surface area contributed by atoms with E-state index in [9.17, 15) is 4.79 Å². The molecule has 2 N–H and O–H groups in total. The summed E-state index contributed by atoms with van der Waals surface area (Å²) in [6, 6.07) is 0. The van der Waals surface area contributed by atoms with Crippen molar-refractivity contribution < 1.29 is 14.4 Å². The zero-order valence-corrected chi connectivity index (χ0v) is 8.69. The van der Waals surface area contributed by atoms with Gasteiger partial charge in [-0.15, -0.1) is 0 Å². The molecule has 0 aromatic carbocycles. The van der Waals surface area contributed by atoms with Gasteiger partial charge in [0.15, 0.2) is 0 Å². The monoisotopic (exact) mass is 221 g/mol. The zero-order chi connectivity index (χ0) is 12.9. The van der Waals surface area contributed by atoms with Crippen LogP contribution in [0.5, 0.6) is 0 Å². The SMILES string of the molecule is CC1(N=C=O)C=CC=CC1.N=C=O.N=C=O. The van der Waals surface area contributed by atoms with Crippen LogP contribution >= 0.6 is 0 Å². The van der Waals surface area contributed by atoms with E-state index >= 15 is 0 Å². The Morgan fingerprint density at radius 1 is 1.19 bits per heavy atom. The van der Waals surface area contributed by atoms with Crippen molar-refractivity contribution in [2.45, 2.75) is 18.9 Å². The summed E-state index contributed by atoms with van der Waals surface area (Å²) in [5.41, 5.74) is -0.337. The Morgan fingerprint density at radius 3 is 2.00 bits per heavy atom. The predicted molar refractivity (Wildman–Crippen MR) is 56.2 cm³/mol. The third kappa shape index (κ3) is 9.71. The third-order valence-electron chi connectivity index (χ3n) is 1.53. The molecule has 0 saturated carbocycles. The van der Waals surface area contributed by atoms with Crippen molar-refractivity contribution in [3.63, 3.8) is 0 Å². The number of nitrogens with zero attached hydrogens (tertiary/aromatic N) is 1. The molecule has 0 saturated heterocycles. The molecular weight excluding hydrogens is 210 g/mol. The molecule has 0 fully saturated rings. The molecule has 1 unspecified atom stereocenters. The lowest BCUT2D eigenvalue weighted by atomic mass is 9.95. The fourth-order valence-corrected chi connectivity index (χ4v) is 0.903. The van der Waals surface area contributed by atoms with Crippen molar-refractivity contribution in [2.75, 3.05) is 0 Å². The number of allylic oxidation sites excluding steroid dienone is 2. The first-order chi connectivity index (χ1) is 7.60. The Labute approximate surface area is 92.4 Å². The molecular formula is C10H11N3O3. The van der Waals surface area contributed by atoms with Crippen molar-refractivity contribution in [1.82, 2.24) is 0 Å². The van der Waals surface area contributed by atoms with Crippen LogP contribution in [-0.2, 0) is 14.4 Å². The van der Waals surface area contributed by atoms with Crippen molar-refractivity contribution in [1.29, 1.82) is 10.8 Å². The molecule has 1 aliphatic rings. The second-order valence-corrected chi connectivity index (χ2v) is 2.76. The predicted octanol–water partition coefficient (Wildman–Crippen LogP) is 1.40. The normalized spacial score (nSPS) is 19.6. The van der Waals surface area contributed by atoms with Crippen molar-refractivity contribution in [3.05, 3.63) is 24.3 Å². The molecule has 0 aliphatic heterocycles. The van der Waals surface area contributed by atoms with Gasteiger partial charge in [0.25, 0.3) is 0 Å². The Bertz CT molecular complexity index is 357. The Balaban J connectivity index is 0. The summed E-state index contributed by atoms with van der Waals surface area (Å²) in [4.78, 5) is 30.3. The topological polar surface area (TPSA) is 111 Å². The lowest BCUT2D eigenvalue weighted by Gasteiger charge is -2.18. The summed E-state index contributed by atoms with van der Waals surface area (Å²) in [5.74, 6) is 0. The number of hydrogen-bond donors (Lipinski definition) is 2. The van der Waals surface area contributed by atoms with Crippen LogP contribution in [0.1, 0.15) is 13.3 Å². The third-order valence-corrected chi connectivity index (χ3v) is 1.53. The Hall–Kier alpha value is -2.38. The molecule has 16 heavy (non-hydrogen) atoms. The first kappa shape index (κ1) is 16.1. The lowest BCUT2D eigenvalue weighted by Crippen LogP contribution is -2.18. The molecule has 0 heterocycles. The van der Waals surface area contributed by atoms with E-state index in [1.165, 1.54) is 0 Å². The second-order valence-electron chi connectivity index (χ2n) is 2.76. The first-order valence-corrected chi connectivity index (χ1v) is 4.11. The summed E-state index contributed by atoms with van der Waals surface area (Å²) in [6.07, 6.45) is 11.6. The fourth-order valence-electron chi connectivity index (χ4n) is 0.903. The minimum absolute atomic E-state index is 0.337. The molecule has 1 rings (SSSR count). The van der Waals surface area contributed by atoms with Gasteiger partial charge < -0.3 is 0 Å². The lowest BCUT2D eigenvalue weighted by molar-refractivity contribution is 0.538. The van der Waals surface area contributed by atoms with E-state index in [1.54, 1.807) is 6.08 Å². The highest BCUT2D eigenvalue weighted by Gasteiger charge is 2.18. The summed E-state index contributed by atoms with van der Waals surface area (Å²) in [7, 11) is 0. The molecule has 6 heteroatoms. The second kappa shape index (κ2) is 10.7. The van der Waals surface area contributed by atoms with Crippen LogP contribution in [0, 0.1) is 10.8 Å². The summed E-state index contributed by atoms with van der Waals surface area (Å²) in [6.45, 7) is 1.90. The van der Waals surface area contributed by atoms with Gasteiger partial charge in [-0.2, -0.15) is 4.99 Å². The molecule has 0 aromatic rings. The average Bonchev–Trinajstić information content (AvgIpc) is 2.21. The molecule has 6 nitrogen and oxygen atoms in total. The number of nitrogens with one attached hydrogen (secondary N) is 2. The van der Waals surface area contributed by atoms with Crippen LogP contribution in [0.4, 0.5) is 0 Å².